The molecule has 1 saturated heterocycles. The Labute approximate surface area is 109 Å². The first-order valence-corrected chi connectivity index (χ1v) is 5.98. The highest BCUT2D eigenvalue weighted by atomic mass is 16.2. The highest BCUT2D eigenvalue weighted by Gasteiger charge is 2.21. The minimum atomic E-state index is -0.253. The molecule has 3 rings (SSSR count). The lowest BCUT2D eigenvalue weighted by molar-refractivity contribution is 0.0945. The van der Waals surface area contributed by atoms with E-state index in [1.54, 1.807) is 23.1 Å². The second-order valence-corrected chi connectivity index (χ2v) is 4.28. The molecule has 1 fully saturated rings. The molecule has 0 atom stereocenters. The zero-order valence-electron chi connectivity index (χ0n) is 10.2. The van der Waals surface area contributed by atoms with Crippen LogP contribution in [-0.4, -0.2) is 44.0 Å². The Kier molecular flexibility index (Phi) is 3.15. The van der Waals surface area contributed by atoms with Crippen molar-refractivity contribution in [3.05, 3.63) is 36.2 Å². The van der Waals surface area contributed by atoms with Crippen LogP contribution < -0.4 is 10.6 Å². The summed E-state index contributed by atoms with van der Waals surface area (Å²) in [5, 5.41) is 13.7. The minimum absolute atomic E-state index is 0.253. The summed E-state index contributed by atoms with van der Waals surface area (Å²) >= 11 is 0. The molecular weight excluding hydrogens is 246 g/mol. The van der Waals surface area contributed by atoms with Gasteiger partial charge in [-0.15, -0.1) is 5.10 Å². The van der Waals surface area contributed by atoms with Crippen molar-refractivity contribution >= 4 is 5.91 Å². The van der Waals surface area contributed by atoms with Gasteiger partial charge in [0.2, 0.25) is 0 Å². The largest absolute Gasteiger partial charge is 0.345 e. The van der Waals surface area contributed by atoms with E-state index in [2.05, 4.69) is 30.9 Å². The lowest BCUT2D eigenvalue weighted by atomic mass is 10.2. The van der Waals surface area contributed by atoms with Crippen LogP contribution in [0.4, 0.5) is 0 Å². The molecule has 0 saturated carbocycles. The monoisotopic (exact) mass is 259 g/mol. The predicted octanol–water partition coefficient (Wildman–Crippen LogP) is -0.858. The van der Waals surface area contributed by atoms with E-state index in [0.717, 1.165) is 18.8 Å². The molecule has 2 aromatic rings. The Morgan fingerprint density at radius 1 is 1.53 bits per heavy atom. The number of amides is 1. The summed E-state index contributed by atoms with van der Waals surface area (Å²) < 4.78 is 1.72. The standard InChI is InChI=1S/C11H13N7O/c19-11(14-3-8-1-2-12-7-15-8)10-6-18(17-16-10)9-4-13-5-9/h1-2,6-7,9,13H,3-5H2,(H,14,19). The Hall–Kier alpha value is -2.35. The van der Waals surface area contributed by atoms with Crippen LogP contribution in [0, 0.1) is 0 Å². The number of nitrogens with one attached hydrogen (secondary N) is 2. The maximum Gasteiger partial charge on any atom is 0.273 e. The Bertz CT molecular complexity index is 563. The predicted molar refractivity (Wildman–Crippen MR) is 65.1 cm³/mol. The van der Waals surface area contributed by atoms with Crippen molar-refractivity contribution in [2.45, 2.75) is 12.6 Å². The fourth-order valence-corrected chi connectivity index (χ4v) is 1.70. The molecule has 0 unspecified atom stereocenters. The first-order chi connectivity index (χ1) is 9.33. The highest BCUT2D eigenvalue weighted by Crippen LogP contribution is 2.09. The smallest absolute Gasteiger partial charge is 0.273 e. The van der Waals surface area contributed by atoms with Crippen molar-refractivity contribution in [2.75, 3.05) is 13.1 Å². The minimum Gasteiger partial charge on any atom is -0.345 e. The van der Waals surface area contributed by atoms with Gasteiger partial charge in [-0.25, -0.2) is 14.6 Å². The van der Waals surface area contributed by atoms with Crippen LogP contribution in [0.5, 0.6) is 0 Å². The summed E-state index contributed by atoms with van der Waals surface area (Å²) in [4.78, 5) is 19.7. The van der Waals surface area contributed by atoms with E-state index in [9.17, 15) is 4.79 Å². The van der Waals surface area contributed by atoms with E-state index in [1.807, 2.05) is 0 Å². The Morgan fingerprint density at radius 3 is 3.11 bits per heavy atom. The average Bonchev–Trinajstić information content (AvgIpc) is 2.84. The van der Waals surface area contributed by atoms with Crippen molar-refractivity contribution in [1.29, 1.82) is 0 Å². The summed E-state index contributed by atoms with van der Waals surface area (Å²) in [5.41, 5.74) is 1.07. The van der Waals surface area contributed by atoms with Gasteiger partial charge >= 0.3 is 0 Å². The number of hydrogen-bond donors (Lipinski definition) is 2. The zero-order chi connectivity index (χ0) is 13.1. The Morgan fingerprint density at radius 2 is 2.42 bits per heavy atom. The summed E-state index contributed by atoms with van der Waals surface area (Å²) in [6.07, 6.45) is 4.75. The molecule has 98 valence electrons. The molecule has 2 aromatic heterocycles. The van der Waals surface area contributed by atoms with Gasteiger partial charge in [0, 0.05) is 19.3 Å². The number of nitrogens with zero attached hydrogens (tertiary/aromatic N) is 5. The summed E-state index contributed by atoms with van der Waals surface area (Å²) in [5.74, 6) is -0.253. The molecule has 0 aromatic carbocycles. The van der Waals surface area contributed by atoms with Crippen LogP contribution in [-0.2, 0) is 6.54 Å². The van der Waals surface area contributed by atoms with E-state index in [1.165, 1.54) is 6.33 Å². The van der Waals surface area contributed by atoms with Crippen LogP contribution >= 0.6 is 0 Å². The number of carbonyl (C=O) groups is 1. The number of hydrogen-bond acceptors (Lipinski definition) is 6. The molecule has 2 N–H and O–H groups in total. The van der Waals surface area contributed by atoms with Gasteiger partial charge in [-0.2, -0.15) is 0 Å². The van der Waals surface area contributed by atoms with Crippen LogP contribution in [0.2, 0.25) is 0 Å². The normalized spacial score (nSPS) is 14.9. The fraction of sp³-hybridized carbons (Fsp3) is 0.364. The van der Waals surface area contributed by atoms with E-state index < -0.39 is 0 Å². The first kappa shape index (κ1) is 11.7. The average molecular weight is 259 g/mol. The van der Waals surface area contributed by atoms with Gasteiger partial charge in [-0.1, -0.05) is 5.21 Å². The molecule has 19 heavy (non-hydrogen) atoms. The van der Waals surface area contributed by atoms with Gasteiger partial charge in [-0.05, 0) is 6.07 Å². The summed E-state index contributed by atoms with van der Waals surface area (Å²) in [6, 6.07) is 2.05. The van der Waals surface area contributed by atoms with Gasteiger partial charge in [-0.3, -0.25) is 4.79 Å². The number of aromatic nitrogens is 5. The molecule has 1 aliphatic rings. The van der Waals surface area contributed by atoms with E-state index in [4.69, 9.17) is 0 Å². The first-order valence-electron chi connectivity index (χ1n) is 5.98. The van der Waals surface area contributed by atoms with Gasteiger partial charge in [0.05, 0.1) is 24.5 Å². The third-order valence-electron chi connectivity index (χ3n) is 2.95. The second kappa shape index (κ2) is 5.11. The molecule has 0 bridgehead atoms. The second-order valence-electron chi connectivity index (χ2n) is 4.28. The molecule has 1 aliphatic heterocycles. The van der Waals surface area contributed by atoms with Crippen LogP contribution in [0.1, 0.15) is 22.2 Å². The molecule has 1 amide bonds. The fourth-order valence-electron chi connectivity index (χ4n) is 1.70. The van der Waals surface area contributed by atoms with Crippen LogP contribution in [0.3, 0.4) is 0 Å². The van der Waals surface area contributed by atoms with Gasteiger partial charge in [0.1, 0.15) is 6.33 Å². The molecule has 8 heteroatoms. The van der Waals surface area contributed by atoms with Crippen LogP contribution in [0.25, 0.3) is 0 Å². The molecular formula is C11H13N7O. The van der Waals surface area contributed by atoms with Gasteiger partial charge in [0.15, 0.2) is 5.69 Å². The van der Waals surface area contributed by atoms with Crippen molar-refractivity contribution < 1.29 is 4.79 Å². The lowest BCUT2D eigenvalue weighted by Gasteiger charge is -2.26. The van der Waals surface area contributed by atoms with E-state index >= 15 is 0 Å². The van der Waals surface area contributed by atoms with Crippen molar-refractivity contribution in [1.82, 2.24) is 35.6 Å². The maximum atomic E-state index is 11.9. The number of carbonyl (C=O) groups excluding carboxylic acids is 1. The highest BCUT2D eigenvalue weighted by molar-refractivity contribution is 5.91. The van der Waals surface area contributed by atoms with E-state index in [0.29, 0.717) is 18.3 Å². The summed E-state index contributed by atoms with van der Waals surface area (Å²) in [6.45, 7) is 2.08. The molecule has 0 radical (unpaired) electrons. The van der Waals surface area contributed by atoms with Gasteiger partial charge < -0.3 is 10.6 Å². The third-order valence-corrected chi connectivity index (χ3v) is 2.95. The van der Waals surface area contributed by atoms with Crippen molar-refractivity contribution in [2.24, 2.45) is 0 Å². The van der Waals surface area contributed by atoms with E-state index in [-0.39, 0.29) is 5.91 Å². The lowest BCUT2D eigenvalue weighted by Crippen LogP contribution is -2.43. The molecule has 0 aliphatic carbocycles. The molecule has 3 heterocycles. The van der Waals surface area contributed by atoms with Crippen molar-refractivity contribution in [3.63, 3.8) is 0 Å². The van der Waals surface area contributed by atoms with Gasteiger partial charge in [0.25, 0.3) is 5.91 Å². The third kappa shape index (κ3) is 2.58. The quantitative estimate of drug-likeness (QED) is 0.741. The maximum absolute atomic E-state index is 11.9. The zero-order valence-corrected chi connectivity index (χ0v) is 10.2. The molecule has 0 spiro atoms. The molecule has 8 nitrogen and oxygen atoms in total. The number of rotatable bonds is 4. The van der Waals surface area contributed by atoms with Crippen LogP contribution in [0.15, 0.2) is 24.8 Å². The summed E-state index contributed by atoms with van der Waals surface area (Å²) in [7, 11) is 0. The Balaban J connectivity index is 1.59. The van der Waals surface area contributed by atoms with Crippen molar-refractivity contribution in [3.8, 4) is 0 Å². The topological polar surface area (TPSA) is 97.6 Å². The SMILES string of the molecule is O=C(NCc1ccncn1)c1cn(C2CNC2)nn1.